The number of ether oxygens (including phenoxy) is 2. The third-order valence-electron chi connectivity index (χ3n) is 4.62. The molecular weight excluding hydrogens is 534 g/mol. The van der Waals surface area contributed by atoms with Gasteiger partial charge in [0.1, 0.15) is 18.0 Å². The minimum atomic E-state index is -0.471. The molecule has 2 aromatic rings. The predicted molar refractivity (Wildman–Crippen MR) is 127 cm³/mol. The number of carbonyl (C=O) groups is 2. The van der Waals surface area contributed by atoms with Crippen molar-refractivity contribution in [1.82, 2.24) is 9.80 Å². The molecule has 0 N–H and O–H groups in total. The number of benzene rings is 2. The molecule has 6 nitrogen and oxygen atoms in total. The van der Waals surface area contributed by atoms with Crippen LogP contribution in [0.15, 0.2) is 42.0 Å². The molecular formula is C22H20FIN2O4S. The van der Waals surface area contributed by atoms with E-state index in [0.29, 0.717) is 32.8 Å². The molecule has 9 heteroatoms. The monoisotopic (exact) mass is 554 g/mol. The summed E-state index contributed by atoms with van der Waals surface area (Å²) < 4.78 is 26.2. The van der Waals surface area contributed by atoms with Crippen molar-refractivity contribution in [2.24, 2.45) is 0 Å². The number of thiocarbonyl (C=S) groups is 1. The standard InChI is InChI=1S/C22H20FIN2O4S/c1-4-29-18-11-13(9-15-20(27)25(2)22(31)26(3)21(15)28)10-17(24)19(18)30-12-14-7-5-6-8-16(14)23/h5-11H,4,12H2,1-3H3. The Kier molecular flexibility index (Phi) is 7.26. The van der Waals surface area contributed by atoms with Crippen molar-refractivity contribution in [2.75, 3.05) is 20.7 Å². The Morgan fingerprint density at radius 3 is 2.35 bits per heavy atom. The molecule has 2 aromatic carbocycles. The van der Waals surface area contributed by atoms with Crippen molar-refractivity contribution in [3.8, 4) is 11.5 Å². The lowest BCUT2D eigenvalue weighted by Crippen LogP contribution is -2.52. The molecule has 0 atom stereocenters. The lowest BCUT2D eigenvalue weighted by atomic mass is 10.1. The van der Waals surface area contributed by atoms with Crippen LogP contribution in [0.3, 0.4) is 0 Å². The number of hydrogen-bond donors (Lipinski definition) is 0. The molecule has 0 unspecified atom stereocenters. The Morgan fingerprint density at radius 1 is 1.10 bits per heavy atom. The molecule has 1 saturated heterocycles. The summed E-state index contributed by atoms with van der Waals surface area (Å²) in [5.74, 6) is -0.394. The normalized spacial score (nSPS) is 14.2. The van der Waals surface area contributed by atoms with Crippen molar-refractivity contribution in [3.63, 3.8) is 0 Å². The highest BCUT2D eigenvalue weighted by Crippen LogP contribution is 2.36. The van der Waals surface area contributed by atoms with Gasteiger partial charge in [-0.2, -0.15) is 0 Å². The maximum absolute atomic E-state index is 13.9. The summed E-state index contributed by atoms with van der Waals surface area (Å²) in [6.45, 7) is 2.24. The van der Waals surface area contributed by atoms with Crippen LogP contribution in [0.25, 0.3) is 6.08 Å². The fourth-order valence-electron chi connectivity index (χ4n) is 2.98. The number of nitrogens with zero attached hydrogens (tertiary/aromatic N) is 2. The largest absolute Gasteiger partial charge is 0.490 e. The third kappa shape index (κ3) is 4.87. The van der Waals surface area contributed by atoms with Gasteiger partial charge in [-0.05, 0) is 71.6 Å². The van der Waals surface area contributed by atoms with Gasteiger partial charge >= 0.3 is 0 Å². The SMILES string of the molecule is CCOc1cc(C=C2C(=O)N(C)C(=S)N(C)C2=O)cc(I)c1OCc1ccccc1F. The molecule has 0 aliphatic carbocycles. The third-order valence-corrected chi connectivity index (χ3v) is 5.97. The Morgan fingerprint density at radius 2 is 1.74 bits per heavy atom. The Balaban J connectivity index is 1.95. The average Bonchev–Trinajstić information content (AvgIpc) is 2.75. The van der Waals surface area contributed by atoms with E-state index < -0.39 is 11.8 Å². The molecule has 0 bridgehead atoms. The molecule has 1 aliphatic rings. The zero-order valence-electron chi connectivity index (χ0n) is 17.1. The van der Waals surface area contributed by atoms with Crippen LogP contribution < -0.4 is 9.47 Å². The smallest absolute Gasteiger partial charge is 0.265 e. The van der Waals surface area contributed by atoms with Gasteiger partial charge in [0, 0.05) is 19.7 Å². The van der Waals surface area contributed by atoms with Crippen LogP contribution in [0, 0.1) is 9.39 Å². The summed E-state index contributed by atoms with van der Waals surface area (Å²) in [6.07, 6.45) is 1.50. The van der Waals surface area contributed by atoms with Gasteiger partial charge in [0.25, 0.3) is 11.8 Å². The van der Waals surface area contributed by atoms with Crippen molar-refractivity contribution in [3.05, 3.63) is 62.5 Å². The summed E-state index contributed by atoms with van der Waals surface area (Å²) >= 11 is 7.19. The second-order valence-corrected chi connectivity index (χ2v) is 8.24. The lowest BCUT2D eigenvalue weighted by molar-refractivity contribution is -0.132. The molecule has 1 fully saturated rings. The van der Waals surface area contributed by atoms with E-state index in [4.69, 9.17) is 21.7 Å². The van der Waals surface area contributed by atoms with Crippen LogP contribution in [-0.2, 0) is 16.2 Å². The number of halogens is 2. The number of hydrogen-bond acceptors (Lipinski definition) is 5. The zero-order valence-corrected chi connectivity index (χ0v) is 20.1. The highest BCUT2D eigenvalue weighted by molar-refractivity contribution is 14.1. The first-order valence-electron chi connectivity index (χ1n) is 9.38. The summed E-state index contributed by atoms with van der Waals surface area (Å²) in [5.41, 5.74) is 1.02. The van der Waals surface area contributed by atoms with Crippen LogP contribution in [0.5, 0.6) is 11.5 Å². The first-order chi connectivity index (χ1) is 14.7. The van der Waals surface area contributed by atoms with Crippen LogP contribution in [-0.4, -0.2) is 47.4 Å². The number of carbonyl (C=O) groups excluding carboxylic acids is 2. The summed E-state index contributed by atoms with van der Waals surface area (Å²) in [6, 6.07) is 9.83. The molecule has 0 saturated carbocycles. The Hall–Kier alpha value is -2.53. The average molecular weight is 554 g/mol. The maximum Gasteiger partial charge on any atom is 0.265 e. The summed E-state index contributed by atoms with van der Waals surface area (Å²) in [4.78, 5) is 27.7. The van der Waals surface area contributed by atoms with Crippen molar-refractivity contribution >= 4 is 57.8 Å². The fourth-order valence-corrected chi connectivity index (χ4v) is 3.93. The van der Waals surface area contributed by atoms with Crippen molar-refractivity contribution in [2.45, 2.75) is 13.5 Å². The van der Waals surface area contributed by atoms with E-state index in [1.807, 2.05) is 6.92 Å². The molecule has 0 radical (unpaired) electrons. The first kappa shape index (κ1) is 23.1. The van der Waals surface area contributed by atoms with Gasteiger partial charge in [-0.1, -0.05) is 18.2 Å². The van der Waals surface area contributed by atoms with Crippen LogP contribution in [0.1, 0.15) is 18.1 Å². The van der Waals surface area contributed by atoms with Gasteiger partial charge in [-0.25, -0.2) is 4.39 Å². The van der Waals surface area contributed by atoms with Gasteiger partial charge in [-0.3, -0.25) is 19.4 Å². The quantitative estimate of drug-likeness (QED) is 0.234. The van der Waals surface area contributed by atoms with E-state index in [2.05, 4.69) is 22.6 Å². The van der Waals surface area contributed by atoms with E-state index >= 15 is 0 Å². The summed E-state index contributed by atoms with van der Waals surface area (Å²) in [7, 11) is 3.05. The fraction of sp³-hybridized carbons (Fsp3) is 0.227. The van der Waals surface area contributed by atoms with Gasteiger partial charge in [0.05, 0.1) is 10.2 Å². The van der Waals surface area contributed by atoms with Gasteiger partial charge in [-0.15, -0.1) is 0 Å². The Labute approximate surface area is 198 Å². The van der Waals surface area contributed by atoms with Crippen molar-refractivity contribution < 1.29 is 23.5 Å². The second kappa shape index (κ2) is 9.73. The first-order valence-corrected chi connectivity index (χ1v) is 10.9. The number of amides is 2. The minimum absolute atomic E-state index is 0.00289. The van der Waals surface area contributed by atoms with E-state index in [-0.39, 0.29) is 23.1 Å². The molecule has 0 spiro atoms. The van der Waals surface area contributed by atoms with E-state index in [9.17, 15) is 14.0 Å². The number of rotatable bonds is 6. The minimum Gasteiger partial charge on any atom is -0.490 e. The molecule has 1 heterocycles. The molecule has 3 rings (SSSR count). The van der Waals surface area contributed by atoms with Crippen LogP contribution >= 0.6 is 34.8 Å². The maximum atomic E-state index is 13.9. The van der Waals surface area contributed by atoms with Crippen LogP contribution in [0.4, 0.5) is 4.39 Å². The van der Waals surface area contributed by atoms with Gasteiger partial charge in [0.2, 0.25) is 0 Å². The lowest BCUT2D eigenvalue weighted by Gasteiger charge is -2.31. The van der Waals surface area contributed by atoms with Gasteiger partial charge in [0.15, 0.2) is 16.6 Å². The molecule has 31 heavy (non-hydrogen) atoms. The zero-order chi connectivity index (χ0) is 22.7. The van der Waals surface area contributed by atoms with E-state index in [1.54, 1.807) is 30.3 Å². The number of likely N-dealkylation sites (N-methyl/N-ethyl adjacent to an activating group) is 2. The molecule has 0 aromatic heterocycles. The van der Waals surface area contributed by atoms with Gasteiger partial charge < -0.3 is 9.47 Å². The highest BCUT2D eigenvalue weighted by Gasteiger charge is 2.35. The molecule has 1 aliphatic heterocycles. The van der Waals surface area contributed by atoms with Crippen LogP contribution in [0.2, 0.25) is 0 Å². The van der Waals surface area contributed by atoms with E-state index in [0.717, 1.165) is 0 Å². The topological polar surface area (TPSA) is 59.1 Å². The molecule has 2 amide bonds. The molecule has 162 valence electrons. The summed E-state index contributed by atoms with van der Waals surface area (Å²) in [5, 5.41) is 0.147. The van der Waals surface area contributed by atoms with E-state index in [1.165, 1.54) is 36.0 Å². The van der Waals surface area contributed by atoms with Crippen molar-refractivity contribution in [1.29, 1.82) is 0 Å². The second-order valence-electron chi connectivity index (χ2n) is 6.71. The highest BCUT2D eigenvalue weighted by atomic mass is 127. The Bertz CT molecular complexity index is 1060. The predicted octanol–water partition coefficient (Wildman–Crippen LogP) is 4.01.